The molecule has 0 saturated carbocycles. The lowest BCUT2D eigenvalue weighted by Crippen LogP contribution is -2.27. The molecule has 0 radical (unpaired) electrons. The van der Waals surface area contributed by atoms with Crippen LogP contribution in [0.2, 0.25) is 5.02 Å². The van der Waals surface area contributed by atoms with Crippen LogP contribution in [0.4, 0.5) is 0 Å². The number of carboxylic acid groups (broad SMARTS) is 1. The first-order valence-electron chi connectivity index (χ1n) is 8.80. The number of fused-ring (bicyclic) bond motifs is 1. The van der Waals surface area contributed by atoms with Crippen molar-refractivity contribution in [2.24, 2.45) is 4.99 Å². The maximum Gasteiger partial charge on any atom is 0.326 e. The first-order chi connectivity index (χ1) is 13.4. The van der Waals surface area contributed by atoms with Gasteiger partial charge in [-0.05, 0) is 49.7 Å². The van der Waals surface area contributed by atoms with Gasteiger partial charge < -0.3 is 14.4 Å². The molecule has 0 fully saturated rings. The van der Waals surface area contributed by atoms with E-state index in [1.165, 1.54) is 17.4 Å². The molecule has 0 aliphatic carbocycles. The first-order valence-corrected chi connectivity index (χ1v) is 9.99. The predicted molar refractivity (Wildman–Crippen MR) is 109 cm³/mol. The minimum absolute atomic E-state index is 0.322. The van der Waals surface area contributed by atoms with Gasteiger partial charge in [-0.25, -0.2) is 4.79 Å². The Hall–Kier alpha value is -2.64. The summed E-state index contributed by atoms with van der Waals surface area (Å²) in [7, 11) is 0. The second-order valence-electron chi connectivity index (χ2n) is 6.01. The van der Waals surface area contributed by atoms with Crippen molar-refractivity contribution in [1.29, 1.82) is 0 Å². The van der Waals surface area contributed by atoms with Crippen LogP contribution in [0.1, 0.15) is 36.7 Å². The molecule has 8 heteroatoms. The summed E-state index contributed by atoms with van der Waals surface area (Å²) < 4.78 is 7.92. The highest BCUT2D eigenvalue weighted by atomic mass is 35.5. The molecule has 6 nitrogen and oxygen atoms in total. The van der Waals surface area contributed by atoms with Crippen LogP contribution in [0.25, 0.3) is 10.2 Å². The molecule has 1 amide bonds. The van der Waals surface area contributed by atoms with Gasteiger partial charge in [0, 0.05) is 10.6 Å². The topological polar surface area (TPSA) is 80.9 Å². The molecule has 0 spiro atoms. The number of benzene rings is 2. The highest BCUT2D eigenvalue weighted by Crippen LogP contribution is 2.27. The number of thiazole rings is 1. The molecule has 1 unspecified atom stereocenters. The van der Waals surface area contributed by atoms with Gasteiger partial charge in [-0.15, -0.1) is 0 Å². The minimum Gasteiger partial charge on any atom is -0.494 e. The van der Waals surface area contributed by atoms with E-state index in [1.807, 2.05) is 13.0 Å². The maximum atomic E-state index is 12.6. The molecule has 1 heterocycles. The molecule has 1 atom stereocenters. The predicted octanol–water partition coefficient (Wildman–Crippen LogP) is 4.53. The van der Waals surface area contributed by atoms with E-state index in [9.17, 15) is 14.7 Å². The number of carbonyl (C=O) groups excluding carboxylic acids is 1. The average molecular weight is 419 g/mol. The molecule has 28 heavy (non-hydrogen) atoms. The van der Waals surface area contributed by atoms with E-state index < -0.39 is 17.9 Å². The van der Waals surface area contributed by atoms with E-state index in [0.29, 0.717) is 39.7 Å². The van der Waals surface area contributed by atoms with Crippen molar-refractivity contribution in [2.75, 3.05) is 6.61 Å². The Bertz CT molecular complexity index is 1100. The summed E-state index contributed by atoms with van der Waals surface area (Å²) in [5.74, 6) is -0.777. The van der Waals surface area contributed by atoms with Crippen LogP contribution >= 0.6 is 22.9 Å². The molecular weight excluding hydrogens is 400 g/mol. The van der Waals surface area contributed by atoms with Crippen LogP contribution in [0.15, 0.2) is 47.5 Å². The molecule has 0 saturated heterocycles. The standard InChI is InChI=1S/C20H19ClN2O4S/c1-3-15(19(25)26)23-16-9-8-14(27-4-2)11-17(16)28-20(23)22-18(24)12-6-5-7-13(21)10-12/h5-11,15H,3-4H2,1-2H3,(H,25,26). The van der Waals surface area contributed by atoms with Crippen LogP contribution in [0, 0.1) is 0 Å². The number of aromatic nitrogens is 1. The Balaban J connectivity index is 2.21. The SMILES string of the molecule is CCOc1ccc2c(c1)sc(=NC(=O)c1cccc(Cl)c1)n2C(CC)C(=O)O. The molecule has 146 valence electrons. The quantitative estimate of drug-likeness (QED) is 0.637. The zero-order chi connectivity index (χ0) is 20.3. The number of nitrogens with zero attached hydrogens (tertiary/aromatic N) is 2. The van der Waals surface area contributed by atoms with Gasteiger partial charge in [0.2, 0.25) is 0 Å². The molecule has 3 aromatic rings. The van der Waals surface area contributed by atoms with Crippen molar-refractivity contribution in [3.05, 3.63) is 57.9 Å². The number of halogens is 1. The summed E-state index contributed by atoms with van der Waals surface area (Å²) in [5.41, 5.74) is 1.04. The number of hydrogen-bond acceptors (Lipinski definition) is 4. The molecule has 0 bridgehead atoms. The van der Waals surface area contributed by atoms with Crippen LogP contribution in [-0.4, -0.2) is 28.2 Å². The van der Waals surface area contributed by atoms with E-state index in [0.717, 1.165) is 4.70 Å². The van der Waals surface area contributed by atoms with Crippen molar-refractivity contribution >= 4 is 45.0 Å². The van der Waals surface area contributed by atoms with Gasteiger partial charge in [-0.1, -0.05) is 35.9 Å². The fourth-order valence-electron chi connectivity index (χ4n) is 2.90. The number of ether oxygens (including phenoxy) is 1. The zero-order valence-electron chi connectivity index (χ0n) is 15.4. The molecule has 1 aromatic heterocycles. The number of rotatable bonds is 6. The van der Waals surface area contributed by atoms with Crippen molar-refractivity contribution in [3.8, 4) is 5.75 Å². The van der Waals surface area contributed by atoms with Crippen LogP contribution in [0.5, 0.6) is 5.75 Å². The number of amides is 1. The third-order valence-electron chi connectivity index (χ3n) is 4.16. The van der Waals surface area contributed by atoms with Gasteiger partial charge in [-0.3, -0.25) is 4.79 Å². The fourth-order valence-corrected chi connectivity index (χ4v) is 4.19. The van der Waals surface area contributed by atoms with Crippen LogP contribution in [-0.2, 0) is 4.79 Å². The number of hydrogen-bond donors (Lipinski definition) is 1. The Labute approximate surface area is 170 Å². The lowest BCUT2D eigenvalue weighted by atomic mass is 10.2. The summed E-state index contributed by atoms with van der Waals surface area (Å²) in [4.78, 5) is 29.0. The summed E-state index contributed by atoms with van der Waals surface area (Å²) in [6.45, 7) is 4.20. The van der Waals surface area contributed by atoms with Crippen LogP contribution < -0.4 is 9.54 Å². The smallest absolute Gasteiger partial charge is 0.326 e. The summed E-state index contributed by atoms with van der Waals surface area (Å²) >= 11 is 7.21. The number of carbonyl (C=O) groups is 2. The highest BCUT2D eigenvalue weighted by molar-refractivity contribution is 7.16. The molecule has 1 N–H and O–H groups in total. The van der Waals surface area contributed by atoms with E-state index in [2.05, 4.69) is 4.99 Å². The van der Waals surface area contributed by atoms with Gasteiger partial charge in [0.05, 0.1) is 16.8 Å². The lowest BCUT2D eigenvalue weighted by molar-refractivity contribution is -0.140. The summed E-state index contributed by atoms with van der Waals surface area (Å²) in [5, 5.41) is 10.1. The van der Waals surface area contributed by atoms with E-state index in [4.69, 9.17) is 16.3 Å². The van der Waals surface area contributed by atoms with E-state index in [1.54, 1.807) is 41.8 Å². The third-order valence-corrected chi connectivity index (χ3v) is 5.41. The van der Waals surface area contributed by atoms with Crippen molar-refractivity contribution in [1.82, 2.24) is 4.57 Å². The second-order valence-corrected chi connectivity index (χ2v) is 7.45. The third kappa shape index (κ3) is 4.10. The number of carboxylic acids is 1. The number of aliphatic carboxylic acids is 1. The van der Waals surface area contributed by atoms with Crippen molar-refractivity contribution < 1.29 is 19.4 Å². The highest BCUT2D eigenvalue weighted by Gasteiger charge is 2.22. The maximum absolute atomic E-state index is 12.6. The fraction of sp³-hybridized carbons (Fsp3) is 0.250. The van der Waals surface area contributed by atoms with Crippen LogP contribution in [0.3, 0.4) is 0 Å². The van der Waals surface area contributed by atoms with Gasteiger partial charge in [0.1, 0.15) is 11.8 Å². The molecular formula is C20H19ClN2O4S. The summed E-state index contributed by atoms with van der Waals surface area (Å²) in [6, 6.07) is 11.1. The molecule has 3 rings (SSSR count). The minimum atomic E-state index is -0.979. The lowest BCUT2D eigenvalue weighted by Gasteiger charge is -2.13. The Morgan fingerprint density at radius 3 is 2.68 bits per heavy atom. The molecule has 0 aliphatic heterocycles. The zero-order valence-corrected chi connectivity index (χ0v) is 17.0. The van der Waals surface area contributed by atoms with E-state index >= 15 is 0 Å². The normalized spacial score (nSPS) is 12.9. The summed E-state index contributed by atoms with van der Waals surface area (Å²) in [6.07, 6.45) is 0.354. The van der Waals surface area contributed by atoms with Gasteiger partial charge >= 0.3 is 5.97 Å². The Morgan fingerprint density at radius 2 is 2.04 bits per heavy atom. The first kappa shape index (κ1) is 20.1. The monoisotopic (exact) mass is 418 g/mol. The average Bonchev–Trinajstić information content (AvgIpc) is 2.99. The van der Waals surface area contributed by atoms with Gasteiger partial charge in [-0.2, -0.15) is 4.99 Å². The van der Waals surface area contributed by atoms with Crippen molar-refractivity contribution in [3.63, 3.8) is 0 Å². The van der Waals surface area contributed by atoms with Gasteiger partial charge in [0.15, 0.2) is 4.80 Å². The van der Waals surface area contributed by atoms with Gasteiger partial charge in [0.25, 0.3) is 5.91 Å². The van der Waals surface area contributed by atoms with E-state index in [-0.39, 0.29) is 0 Å². The Morgan fingerprint density at radius 1 is 1.25 bits per heavy atom. The molecule has 0 aliphatic rings. The van der Waals surface area contributed by atoms with Crippen molar-refractivity contribution in [2.45, 2.75) is 26.3 Å². The molecule has 2 aromatic carbocycles. The largest absolute Gasteiger partial charge is 0.494 e. The second kappa shape index (κ2) is 8.58. The Kier molecular flexibility index (Phi) is 6.16.